The van der Waals surface area contributed by atoms with Crippen LogP contribution in [0, 0.1) is 12.8 Å². The van der Waals surface area contributed by atoms with Gasteiger partial charge in [0.25, 0.3) is 0 Å². The molecule has 1 aromatic rings. The number of carbonyl (C=O) groups is 1. The highest BCUT2D eigenvalue weighted by Gasteiger charge is 2.42. The van der Waals surface area contributed by atoms with Crippen LogP contribution in [0.15, 0.2) is 18.2 Å². The van der Waals surface area contributed by atoms with Gasteiger partial charge in [0.2, 0.25) is 0 Å². The first-order chi connectivity index (χ1) is 9.48. The SMILES string of the molecule is CCOC1(C(=O)c2ccc(C)c(Cl)c2)CCCC(C)C1. The van der Waals surface area contributed by atoms with Crippen molar-refractivity contribution in [2.45, 2.75) is 52.1 Å². The average Bonchev–Trinajstić information content (AvgIpc) is 2.41. The average molecular weight is 295 g/mol. The van der Waals surface area contributed by atoms with Crippen LogP contribution in [0.1, 0.15) is 55.5 Å². The van der Waals surface area contributed by atoms with Gasteiger partial charge >= 0.3 is 0 Å². The number of benzene rings is 1. The van der Waals surface area contributed by atoms with Gasteiger partial charge in [-0.05, 0) is 50.7 Å². The van der Waals surface area contributed by atoms with Crippen molar-refractivity contribution >= 4 is 17.4 Å². The summed E-state index contributed by atoms with van der Waals surface area (Å²) in [6.45, 7) is 6.66. The molecular weight excluding hydrogens is 272 g/mol. The molecule has 20 heavy (non-hydrogen) atoms. The molecular formula is C17H23ClO2. The molecule has 0 saturated heterocycles. The maximum absolute atomic E-state index is 12.9. The first kappa shape index (κ1) is 15.5. The van der Waals surface area contributed by atoms with Gasteiger partial charge in [-0.2, -0.15) is 0 Å². The summed E-state index contributed by atoms with van der Waals surface area (Å²) in [7, 11) is 0. The minimum absolute atomic E-state index is 0.0906. The molecule has 0 aromatic heterocycles. The maximum Gasteiger partial charge on any atom is 0.194 e. The zero-order valence-corrected chi connectivity index (χ0v) is 13.3. The number of aryl methyl sites for hydroxylation is 1. The van der Waals surface area contributed by atoms with Crippen LogP contribution in [0.2, 0.25) is 5.02 Å². The fourth-order valence-corrected chi connectivity index (χ4v) is 3.36. The van der Waals surface area contributed by atoms with Gasteiger partial charge in [-0.15, -0.1) is 0 Å². The molecule has 1 aromatic carbocycles. The number of ketones is 1. The van der Waals surface area contributed by atoms with Crippen LogP contribution in [0.5, 0.6) is 0 Å². The molecule has 1 aliphatic rings. The van der Waals surface area contributed by atoms with Gasteiger partial charge in [0.05, 0.1) is 0 Å². The lowest BCUT2D eigenvalue weighted by molar-refractivity contribution is -0.0511. The van der Waals surface area contributed by atoms with Crippen LogP contribution in [0.3, 0.4) is 0 Å². The zero-order valence-electron chi connectivity index (χ0n) is 12.5. The van der Waals surface area contributed by atoms with E-state index in [2.05, 4.69) is 6.92 Å². The quantitative estimate of drug-likeness (QED) is 0.744. The Morgan fingerprint density at radius 1 is 1.50 bits per heavy atom. The van der Waals surface area contributed by atoms with E-state index < -0.39 is 5.60 Å². The summed E-state index contributed by atoms with van der Waals surface area (Å²) >= 11 is 6.15. The number of hydrogen-bond donors (Lipinski definition) is 0. The highest BCUT2D eigenvalue weighted by atomic mass is 35.5. The summed E-state index contributed by atoms with van der Waals surface area (Å²) in [6.07, 6.45) is 3.85. The van der Waals surface area contributed by atoms with Crippen molar-refractivity contribution in [2.75, 3.05) is 6.61 Å². The van der Waals surface area contributed by atoms with Crippen molar-refractivity contribution in [2.24, 2.45) is 5.92 Å². The molecule has 0 bridgehead atoms. The van der Waals surface area contributed by atoms with E-state index in [-0.39, 0.29) is 5.78 Å². The Morgan fingerprint density at radius 2 is 2.25 bits per heavy atom. The van der Waals surface area contributed by atoms with E-state index in [0.29, 0.717) is 23.1 Å². The highest BCUT2D eigenvalue weighted by molar-refractivity contribution is 6.31. The van der Waals surface area contributed by atoms with Crippen LogP contribution < -0.4 is 0 Å². The lowest BCUT2D eigenvalue weighted by Gasteiger charge is -2.38. The summed E-state index contributed by atoms with van der Waals surface area (Å²) in [6, 6.07) is 5.55. The molecule has 0 heterocycles. The molecule has 2 nitrogen and oxygen atoms in total. The summed E-state index contributed by atoms with van der Waals surface area (Å²) in [5.41, 5.74) is 1.01. The van der Waals surface area contributed by atoms with Crippen molar-refractivity contribution in [3.05, 3.63) is 34.3 Å². The normalized spacial score (nSPS) is 26.5. The summed E-state index contributed by atoms with van der Waals surface area (Å²) in [4.78, 5) is 12.9. The van der Waals surface area contributed by atoms with Gasteiger partial charge in [0.1, 0.15) is 5.60 Å². The Morgan fingerprint density at radius 3 is 2.85 bits per heavy atom. The van der Waals surface area contributed by atoms with Crippen molar-refractivity contribution < 1.29 is 9.53 Å². The molecule has 0 radical (unpaired) electrons. The molecule has 1 saturated carbocycles. The fourth-order valence-electron chi connectivity index (χ4n) is 3.18. The first-order valence-corrected chi connectivity index (χ1v) is 7.81. The minimum Gasteiger partial charge on any atom is -0.367 e. The molecule has 0 N–H and O–H groups in total. The third-order valence-corrected chi connectivity index (χ3v) is 4.63. The Labute approximate surface area is 126 Å². The minimum atomic E-state index is -0.648. The molecule has 2 rings (SSSR count). The third-order valence-electron chi connectivity index (χ3n) is 4.22. The van der Waals surface area contributed by atoms with Crippen molar-refractivity contribution in [1.29, 1.82) is 0 Å². The van der Waals surface area contributed by atoms with Crippen LogP contribution in [0.4, 0.5) is 0 Å². The van der Waals surface area contributed by atoms with E-state index in [0.717, 1.165) is 24.8 Å². The molecule has 2 unspecified atom stereocenters. The van der Waals surface area contributed by atoms with Crippen molar-refractivity contribution in [3.63, 3.8) is 0 Å². The van der Waals surface area contributed by atoms with Crippen LogP contribution in [0.25, 0.3) is 0 Å². The van der Waals surface area contributed by atoms with Gasteiger partial charge in [-0.3, -0.25) is 4.79 Å². The Balaban J connectivity index is 2.33. The largest absolute Gasteiger partial charge is 0.367 e. The zero-order chi connectivity index (χ0) is 14.8. The molecule has 0 spiro atoms. The van der Waals surface area contributed by atoms with Crippen LogP contribution in [-0.4, -0.2) is 18.0 Å². The van der Waals surface area contributed by atoms with E-state index >= 15 is 0 Å². The first-order valence-electron chi connectivity index (χ1n) is 7.43. The van der Waals surface area contributed by atoms with Gasteiger partial charge in [-0.25, -0.2) is 0 Å². The fraction of sp³-hybridized carbons (Fsp3) is 0.588. The predicted octanol–water partition coefficient (Wildman–Crippen LogP) is 4.82. The summed E-state index contributed by atoms with van der Waals surface area (Å²) in [5, 5.41) is 0.645. The van der Waals surface area contributed by atoms with Crippen molar-refractivity contribution in [1.82, 2.24) is 0 Å². The third kappa shape index (κ3) is 3.07. The smallest absolute Gasteiger partial charge is 0.194 e. The second-order valence-electron chi connectivity index (χ2n) is 5.92. The molecule has 110 valence electrons. The lowest BCUT2D eigenvalue weighted by atomic mass is 9.74. The molecule has 1 aliphatic carbocycles. The van der Waals surface area contributed by atoms with E-state index in [1.807, 2.05) is 26.0 Å². The molecule has 2 atom stereocenters. The van der Waals surface area contributed by atoms with Gasteiger partial charge in [0.15, 0.2) is 5.78 Å². The van der Waals surface area contributed by atoms with Gasteiger partial charge in [-0.1, -0.05) is 37.1 Å². The van der Waals surface area contributed by atoms with Crippen molar-refractivity contribution in [3.8, 4) is 0 Å². The Bertz CT molecular complexity index is 494. The molecule has 0 amide bonds. The van der Waals surface area contributed by atoms with Gasteiger partial charge < -0.3 is 4.74 Å². The standard InChI is InChI=1S/C17H23ClO2/c1-4-20-17(9-5-6-12(2)11-17)16(19)14-8-7-13(3)15(18)10-14/h7-8,10,12H,4-6,9,11H2,1-3H3. The van der Waals surface area contributed by atoms with E-state index in [4.69, 9.17) is 16.3 Å². The second kappa shape index (κ2) is 6.28. The molecule has 1 fully saturated rings. The number of hydrogen-bond acceptors (Lipinski definition) is 2. The molecule has 3 heteroatoms. The monoisotopic (exact) mass is 294 g/mol. The number of ether oxygens (including phenoxy) is 1. The number of rotatable bonds is 4. The number of halogens is 1. The van der Waals surface area contributed by atoms with E-state index in [1.165, 1.54) is 6.42 Å². The van der Waals surface area contributed by atoms with Crippen LogP contribution in [-0.2, 0) is 4.74 Å². The number of Topliss-reactive ketones (excluding diaryl/α,β-unsaturated/α-hetero) is 1. The topological polar surface area (TPSA) is 26.3 Å². The summed E-state index contributed by atoms with van der Waals surface area (Å²) < 4.78 is 5.93. The van der Waals surface area contributed by atoms with Crippen LogP contribution >= 0.6 is 11.6 Å². The predicted molar refractivity (Wildman–Crippen MR) is 82.5 cm³/mol. The van der Waals surface area contributed by atoms with E-state index in [1.54, 1.807) is 6.07 Å². The maximum atomic E-state index is 12.9. The second-order valence-corrected chi connectivity index (χ2v) is 6.33. The van der Waals surface area contributed by atoms with E-state index in [9.17, 15) is 4.79 Å². The van der Waals surface area contributed by atoms with Gasteiger partial charge in [0, 0.05) is 17.2 Å². The molecule has 0 aliphatic heterocycles. The number of carbonyl (C=O) groups excluding carboxylic acids is 1. The lowest BCUT2D eigenvalue weighted by Crippen LogP contribution is -2.45. The summed E-state index contributed by atoms with van der Waals surface area (Å²) in [5.74, 6) is 0.618. The Hall–Kier alpha value is -0.860. The highest BCUT2D eigenvalue weighted by Crippen LogP contribution is 2.38. The Kier molecular flexibility index (Phi) is 4.87.